The predicted molar refractivity (Wildman–Crippen MR) is 124 cm³/mol. The molecule has 3 rings (SSSR count). The summed E-state index contributed by atoms with van der Waals surface area (Å²) in [5.74, 6) is -0.255. The van der Waals surface area contributed by atoms with Gasteiger partial charge in [0.25, 0.3) is 0 Å². The zero-order valence-corrected chi connectivity index (χ0v) is 18.3. The number of nitrogens with zero attached hydrogens (tertiary/aromatic N) is 3. The lowest BCUT2D eigenvalue weighted by atomic mass is 10.00. The molecule has 0 amide bonds. The third-order valence-corrected chi connectivity index (χ3v) is 4.83. The summed E-state index contributed by atoms with van der Waals surface area (Å²) in [5, 5.41) is 33.1. The summed E-state index contributed by atoms with van der Waals surface area (Å²) in [5.41, 5.74) is -0.0581. The van der Waals surface area contributed by atoms with Gasteiger partial charge in [0.1, 0.15) is 18.4 Å². The van der Waals surface area contributed by atoms with Crippen molar-refractivity contribution in [1.82, 2.24) is 0 Å². The van der Waals surface area contributed by atoms with E-state index in [-0.39, 0.29) is 11.1 Å². The Bertz CT molecular complexity index is 1280. The van der Waals surface area contributed by atoms with Gasteiger partial charge >= 0.3 is 11.4 Å². The lowest BCUT2D eigenvalue weighted by Crippen LogP contribution is -2.04. The molecule has 10 nitrogen and oxygen atoms in total. The van der Waals surface area contributed by atoms with Gasteiger partial charge in [0, 0.05) is 6.07 Å². The molecule has 3 aromatic carbocycles. The molecule has 0 spiro atoms. The van der Waals surface area contributed by atoms with E-state index < -0.39 is 32.7 Å². The first-order valence-electron chi connectivity index (χ1n) is 9.86. The maximum absolute atomic E-state index is 11.8. The number of ether oxygens (including phenoxy) is 3. The Balaban J connectivity index is 2.00. The molecule has 0 aromatic heterocycles. The van der Waals surface area contributed by atoms with Crippen LogP contribution in [0.3, 0.4) is 0 Å². The van der Waals surface area contributed by atoms with Crippen LogP contribution in [0.4, 0.5) is 11.4 Å². The topological polar surface area (TPSA) is 138 Å². The first-order chi connectivity index (χ1) is 16.4. The fourth-order valence-corrected chi connectivity index (χ4v) is 3.26. The molecule has 0 fully saturated rings. The Morgan fingerprint density at radius 2 is 1.62 bits per heavy atom. The average Bonchev–Trinajstić information content (AvgIpc) is 2.85. The number of hydrogen-bond acceptors (Lipinski definition) is 8. The van der Waals surface area contributed by atoms with E-state index in [0.29, 0.717) is 17.9 Å². The molecule has 10 heteroatoms. The van der Waals surface area contributed by atoms with E-state index in [4.69, 9.17) is 14.2 Å². The van der Waals surface area contributed by atoms with Crippen molar-refractivity contribution in [3.05, 3.63) is 97.6 Å². The zero-order valence-electron chi connectivity index (χ0n) is 18.3. The zero-order chi connectivity index (χ0) is 24.7. The van der Waals surface area contributed by atoms with Gasteiger partial charge in [0.05, 0.1) is 35.2 Å². The first-order valence-corrected chi connectivity index (χ1v) is 9.86. The largest absolute Gasteiger partial charge is 0.489 e. The smallest absolute Gasteiger partial charge is 0.323 e. The third kappa shape index (κ3) is 5.11. The molecule has 0 saturated carbocycles. The molecule has 172 valence electrons. The average molecular weight is 461 g/mol. The molecule has 0 aliphatic heterocycles. The van der Waals surface area contributed by atoms with Crippen molar-refractivity contribution in [2.24, 2.45) is 0 Å². The first kappa shape index (κ1) is 23.7. The predicted octanol–water partition coefficient (Wildman–Crippen LogP) is 5.16. The van der Waals surface area contributed by atoms with Gasteiger partial charge in [-0.15, -0.1) is 0 Å². The minimum Gasteiger partial charge on any atom is -0.489 e. The van der Waals surface area contributed by atoms with E-state index in [1.165, 1.54) is 6.08 Å². The lowest BCUT2D eigenvalue weighted by Gasteiger charge is -2.11. The number of rotatable bonds is 9. The van der Waals surface area contributed by atoms with Crippen LogP contribution < -0.4 is 14.2 Å². The van der Waals surface area contributed by atoms with Crippen molar-refractivity contribution in [1.29, 1.82) is 5.26 Å². The Labute approximate surface area is 194 Å². The number of allylic oxidation sites excluding steroid dienone is 1. The van der Waals surface area contributed by atoms with Gasteiger partial charge in [-0.2, -0.15) is 5.26 Å². The summed E-state index contributed by atoms with van der Waals surface area (Å²) in [6.07, 6.45) is 1.39. The van der Waals surface area contributed by atoms with Gasteiger partial charge in [-0.25, -0.2) is 0 Å². The molecule has 0 aliphatic carbocycles. The standard InChI is InChI=1S/C24H19N3O7/c1-32-23-21(26(28)29)13-20(22(27(30)31)24(23)33-2)18(14-25)12-16-8-10-19(11-9-16)34-15-17-6-4-3-5-7-17/h3-13H,15H2,1-2H3. The summed E-state index contributed by atoms with van der Waals surface area (Å²) in [4.78, 5) is 21.8. The Morgan fingerprint density at radius 3 is 2.15 bits per heavy atom. The molecular weight excluding hydrogens is 442 g/mol. The van der Waals surface area contributed by atoms with Crippen molar-refractivity contribution >= 4 is 23.0 Å². The normalized spacial score (nSPS) is 10.8. The van der Waals surface area contributed by atoms with E-state index in [0.717, 1.165) is 25.8 Å². The highest BCUT2D eigenvalue weighted by molar-refractivity contribution is 5.95. The molecule has 0 unspecified atom stereocenters. The molecule has 0 heterocycles. The minimum atomic E-state index is -0.772. The monoisotopic (exact) mass is 461 g/mol. The van der Waals surface area contributed by atoms with E-state index >= 15 is 0 Å². The molecule has 0 saturated heterocycles. The van der Waals surface area contributed by atoms with Crippen molar-refractivity contribution in [2.75, 3.05) is 14.2 Å². The maximum Gasteiger partial charge on any atom is 0.323 e. The molecule has 3 aromatic rings. The van der Waals surface area contributed by atoms with Crippen molar-refractivity contribution in [2.45, 2.75) is 6.61 Å². The molecule has 0 atom stereocenters. The Morgan fingerprint density at radius 1 is 0.971 bits per heavy atom. The molecular formula is C24H19N3O7. The van der Waals surface area contributed by atoms with Crippen molar-refractivity contribution < 1.29 is 24.1 Å². The highest BCUT2D eigenvalue weighted by Gasteiger charge is 2.34. The summed E-state index contributed by atoms with van der Waals surface area (Å²) in [6, 6.07) is 19.1. The summed E-state index contributed by atoms with van der Waals surface area (Å²) >= 11 is 0. The number of nitriles is 1. The molecule has 0 radical (unpaired) electrons. The van der Waals surface area contributed by atoms with Gasteiger partial charge in [-0.1, -0.05) is 42.5 Å². The minimum absolute atomic E-state index is 0.159. The Kier molecular flexibility index (Phi) is 7.41. The van der Waals surface area contributed by atoms with Crippen LogP contribution in [0.15, 0.2) is 60.7 Å². The summed E-state index contributed by atoms with van der Waals surface area (Å²) in [6.45, 7) is 0.376. The van der Waals surface area contributed by atoms with Gasteiger partial charge in [0.2, 0.25) is 11.5 Å². The molecule has 0 N–H and O–H groups in total. The second-order valence-corrected chi connectivity index (χ2v) is 6.89. The van der Waals surface area contributed by atoms with Crippen LogP contribution in [-0.4, -0.2) is 24.1 Å². The fraction of sp³-hybridized carbons (Fsp3) is 0.125. The fourth-order valence-electron chi connectivity index (χ4n) is 3.26. The SMILES string of the molecule is COc1c([N+](=O)[O-])cc(C(C#N)=Cc2ccc(OCc3ccccc3)cc2)c([N+](=O)[O-])c1OC. The van der Waals surface area contributed by atoms with Gasteiger partial charge < -0.3 is 14.2 Å². The second-order valence-electron chi connectivity index (χ2n) is 6.89. The number of hydrogen-bond donors (Lipinski definition) is 0. The van der Waals surface area contributed by atoms with E-state index in [9.17, 15) is 25.5 Å². The quantitative estimate of drug-likeness (QED) is 0.184. The van der Waals surface area contributed by atoms with Crippen LogP contribution in [0.2, 0.25) is 0 Å². The number of methoxy groups -OCH3 is 2. The van der Waals surface area contributed by atoms with E-state index in [1.54, 1.807) is 24.3 Å². The lowest BCUT2D eigenvalue weighted by molar-refractivity contribution is -0.390. The van der Waals surface area contributed by atoms with Crippen molar-refractivity contribution in [3.8, 4) is 23.3 Å². The number of benzene rings is 3. The number of nitro groups is 2. The van der Waals surface area contributed by atoms with Crippen LogP contribution in [0, 0.1) is 31.6 Å². The van der Waals surface area contributed by atoms with Crippen LogP contribution in [0.25, 0.3) is 11.6 Å². The molecule has 0 bridgehead atoms. The van der Waals surface area contributed by atoms with Crippen molar-refractivity contribution in [3.63, 3.8) is 0 Å². The second kappa shape index (κ2) is 10.6. The highest BCUT2D eigenvalue weighted by atomic mass is 16.6. The van der Waals surface area contributed by atoms with Gasteiger partial charge in [-0.3, -0.25) is 20.2 Å². The highest BCUT2D eigenvalue weighted by Crippen LogP contribution is 2.48. The van der Waals surface area contributed by atoms with Crippen LogP contribution in [0.5, 0.6) is 17.2 Å². The van der Waals surface area contributed by atoms with E-state index in [2.05, 4.69) is 0 Å². The summed E-state index contributed by atoms with van der Waals surface area (Å²) in [7, 11) is 2.26. The number of nitro benzene ring substituents is 2. The third-order valence-electron chi connectivity index (χ3n) is 4.83. The summed E-state index contributed by atoms with van der Waals surface area (Å²) < 4.78 is 15.8. The van der Waals surface area contributed by atoms with Gasteiger partial charge in [0.15, 0.2) is 0 Å². The van der Waals surface area contributed by atoms with E-state index in [1.807, 2.05) is 36.4 Å². The Hall–Kier alpha value is -4.91. The van der Waals surface area contributed by atoms with Crippen LogP contribution >= 0.6 is 0 Å². The maximum atomic E-state index is 11.8. The molecule has 34 heavy (non-hydrogen) atoms. The van der Waals surface area contributed by atoms with Crippen LogP contribution in [0.1, 0.15) is 16.7 Å². The van der Waals surface area contributed by atoms with Crippen LogP contribution in [-0.2, 0) is 6.61 Å². The van der Waals surface area contributed by atoms with Gasteiger partial charge in [-0.05, 0) is 29.3 Å². The molecule has 0 aliphatic rings.